The topological polar surface area (TPSA) is 52.6 Å². The maximum Gasteiger partial charge on any atom is 0.305 e. The molecule has 0 fully saturated rings. The van der Waals surface area contributed by atoms with E-state index in [9.17, 15) is 9.59 Å². The van der Waals surface area contributed by atoms with Crippen LogP contribution in [0.25, 0.3) is 0 Å². The Bertz CT molecular complexity index is 664. The van der Waals surface area contributed by atoms with Gasteiger partial charge in [-0.25, -0.2) is 0 Å². The lowest BCUT2D eigenvalue weighted by Crippen LogP contribution is -2.07. The van der Waals surface area contributed by atoms with Gasteiger partial charge in [0.25, 0.3) is 0 Å². The summed E-state index contributed by atoms with van der Waals surface area (Å²) in [7, 11) is 0. The summed E-state index contributed by atoms with van der Waals surface area (Å²) in [5.41, 5.74) is 0.926. The molecule has 4 nitrogen and oxygen atoms in total. The third-order valence-electron chi connectivity index (χ3n) is 5.67. The molecular formula is C27H42Cl2O4. The third kappa shape index (κ3) is 16.9. The summed E-state index contributed by atoms with van der Waals surface area (Å²) in [5.74, 6) is -0.229. The van der Waals surface area contributed by atoms with Crippen LogP contribution < -0.4 is 0 Å². The molecule has 0 N–H and O–H groups in total. The van der Waals surface area contributed by atoms with Gasteiger partial charge in [-0.1, -0.05) is 100 Å². The lowest BCUT2D eigenvalue weighted by Gasteiger charge is -2.07. The lowest BCUT2D eigenvalue weighted by molar-refractivity contribution is -0.144. The number of ether oxygens (including phenoxy) is 2. The molecule has 0 atom stereocenters. The number of carbonyl (C=O) groups is 2. The first-order chi connectivity index (χ1) is 16.0. The van der Waals surface area contributed by atoms with Crippen LogP contribution in [0.4, 0.5) is 0 Å². The summed E-state index contributed by atoms with van der Waals surface area (Å²) in [5, 5.41) is 1.19. The average molecular weight is 502 g/mol. The molecule has 188 valence electrons. The van der Waals surface area contributed by atoms with Gasteiger partial charge in [-0.15, -0.1) is 0 Å². The first kappa shape index (κ1) is 29.8. The highest BCUT2D eigenvalue weighted by atomic mass is 35.5. The molecule has 33 heavy (non-hydrogen) atoms. The molecule has 0 amide bonds. The van der Waals surface area contributed by atoms with Gasteiger partial charge in [0.2, 0.25) is 0 Å². The van der Waals surface area contributed by atoms with Crippen LogP contribution in [0.5, 0.6) is 0 Å². The van der Waals surface area contributed by atoms with Crippen molar-refractivity contribution < 1.29 is 19.1 Å². The molecule has 1 aromatic carbocycles. The van der Waals surface area contributed by atoms with Crippen molar-refractivity contribution in [2.24, 2.45) is 0 Å². The van der Waals surface area contributed by atoms with E-state index in [1.165, 1.54) is 32.1 Å². The fourth-order valence-electron chi connectivity index (χ4n) is 3.63. The largest absolute Gasteiger partial charge is 0.466 e. The summed E-state index contributed by atoms with van der Waals surface area (Å²) in [6, 6.07) is 5.33. The molecule has 0 aliphatic carbocycles. The Labute approximate surface area is 210 Å². The van der Waals surface area contributed by atoms with Gasteiger partial charge in [0.15, 0.2) is 0 Å². The van der Waals surface area contributed by atoms with Gasteiger partial charge < -0.3 is 9.47 Å². The Morgan fingerprint density at radius 1 is 0.697 bits per heavy atom. The minimum Gasteiger partial charge on any atom is -0.466 e. The van der Waals surface area contributed by atoms with Gasteiger partial charge in [0.05, 0.1) is 13.2 Å². The summed E-state index contributed by atoms with van der Waals surface area (Å²) in [6.45, 7) is 3.12. The van der Waals surface area contributed by atoms with Crippen molar-refractivity contribution in [1.82, 2.24) is 0 Å². The Kier molecular flexibility index (Phi) is 18.2. The van der Waals surface area contributed by atoms with E-state index in [1.807, 2.05) is 6.07 Å². The normalized spacial score (nSPS) is 10.9. The predicted molar refractivity (Wildman–Crippen MR) is 137 cm³/mol. The number of hydrogen-bond donors (Lipinski definition) is 0. The van der Waals surface area contributed by atoms with Crippen molar-refractivity contribution in [3.8, 4) is 0 Å². The van der Waals surface area contributed by atoms with Gasteiger partial charge in [0, 0.05) is 29.3 Å². The molecule has 0 radical (unpaired) electrons. The van der Waals surface area contributed by atoms with Gasteiger partial charge in [-0.05, 0) is 37.0 Å². The summed E-state index contributed by atoms with van der Waals surface area (Å²) < 4.78 is 10.6. The predicted octanol–water partition coefficient (Wildman–Crippen LogP) is 8.49. The van der Waals surface area contributed by atoms with E-state index in [2.05, 4.69) is 6.92 Å². The Balaban J connectivity index is 1.87. The number of carbonyl (C=O) groups excluding carboxylic acids is 2. The summed E-state index contributed by atoms with van der Waals surface area (Å²) >= 11 is 12.0. The van der Waals surface area contributed by atoms with Crippen LogP contribution in [0.1, 0.15) is 109 Å². The summed E-state index contributed by atoms with van der Waals surface area (Å²) in [6.07, 6.45) is 16.0. The minimum atomic E-state index is -0.163. The minimum absolute atomic E-state index is 0.0661. The maximum absolute atomic E-state index is 11.8. The molecular weight excluding hydrogens is 459 g/mol. The van der Waals surface area contributed by atoms with Gasteiger partial charge in [-0.3, -0.25) is 9.59 Å². The van der Waals surface area contributed by atoms with E-state index in [-0.39, 0.29) is 11.9 Å². The molecule has 1 aromatic rings. The van der Waals surface area contributed by atoms with Crippen LogP contribution in [0.15, 0.2) is 18.2 Å². The van der Waals surface area contributed by atoms with Crippen LogP contribution in [0.3, 0.4) is 0 Å². The van der Waals surface area contributed by atoms with E-state index in [4.69, 9.17) is 32.7 Å². The molecule has 0 aliphatic heterocycles. The van der Waals surface area contributed by atoms with Crippen molar-refractivity contribution in [2.45, 2.75) is 110 Å². The highest BCUT2D eigenvalue weighted by Crippen LogP contribution is 2.21. The van der Waals surface area contributed by atoms with Crippen LogP contribution in [0, 0.1) is 0 Å². The lowest BCUT2D eigenvalue weighted by atomic mass is 10.1. The Hall–Kier alpha value is -1.26. The average Bonchev–Trinajstić information content (AvgIpc) is 2.79. The van der Waals surface area contributed by atoms with Crippen molar-refractivity contribution >= 4 is 35.1 Å². The van der Waals surface area contributed by atoms with Crippen LogP contribution in [-0.4, -0.2) is 25.2 Å². The number of halogens is 2. The standard InChI is InChI=1S/C27H42Cl2O4/c1-2-3-4-5-8-11-14-20-32-26(30)15-12-9-6-7-10-13-16-27(31)33-21-19-23-17-18-24(28)22-25(23)29/h17-18,22H,2-16,19-21H2,1H3. The highest BCUT2D eigenvalue weighted by molar-refractivity contribution is 6.35. The van der Waals surface area contributed by atoms with E-state index >= 15 is 0 Å². The number of benzene rings is 1. The SMILES string of the molecule is CCCCCCCCCOC(=O)CCCCCCCCC(=O)OCCc1ccc(Cl)cc1Cl. The quantitative estimate of drug-likeness (QED) is 0.133. The molecule has 0 saturated heterocycles. The van der Waals surface area contributed by atoms with Crippen molar-refractivity contribution in [1.29, 1.82) is 0 Å². The van der Waals surface area contributed by atoms with Gasteiger partial charge in [-0.2, -0.15) is 0 Å². The fraction of sp³-hybridized carbons (Fsp3) is 0.704. The van der Waals surface area contributed by atoms with Crippen molar-refractivity contribution in [3.63, 3.8) is 0 Å². The number of esters is 2. The molecule has 0 saturated carbocycles. The maximum atomic E-state index is 11.8. The number of rotatable bonds is 20. The smallest absolute Gasteiger partial charge is 0.305 e. The van der Waals surface area contributed by atoms with Crippen LogP contribution in [0.2, 0.25) is 10.0 Å². The number of hydrogen-bond acceptors (Lipinski definition) is 4. The highest BCUT2D eigenvalue weighted by Gasteiger charge is 2.06. The first-order valence-electron chi connectivity index (χ1n) is 12.8. The van der Waals surface area contributed by atoms with E-state index < -0.39 is 0 Å². The van der Waals surface area contributed by atoms with Crippen molar-refractivity contribution in [3.05, 3.63) is 33.8 Å². The van der Waals surface area contributed by atoms with Crippen LogP contribution in [-0.2, 0) is 25.5 Å². The van der Waals surface area contributed by atoms with Gasteiger partial charge in [0.1, 0.15) is 0 Å². The Morgan fingerprint density at radius 3 is 1.79 bits per heavy atom. The Morgan fingerprint density at radius 2 is 1.21 bits per heavy atom. The van der Waals surface area contributed by atoms with E-state index in [0.717, 1.165) is 56.9 Å². The zero-order valence-corrected chi connectivity index (χ0v) is 21.9. The molecule has 0 aromatic heterocycles. The second-order valence-electron chi connectivity index (χ2n) is 8.67. The molecule has 0 unspecified atom stereocenters. The molecule has 6 heteroatoms. The first-order valence-corrected chi connectivity index (χ1v) is 13.5. The molecule has 1 rings (SSSR count). The zero-order chi connectivity index (χ0) is 24.2. The second-order valence-corrected chi connectivity index (χ2v) is 9.51. The number of unbranched alkanes of at least 4 members (excludes halogenated alkanes) is 11. The van der Waals surface area contributed by atoms with Crippen molar-refractivity contribution in [2.75, 3.05) is 13.2 Å². The summed E-state index contributed by atoms with van der Waals surface area (Å²) in [4.78, 5) is 23.6. The third-order valence-corrected chi connectivity index (χ3v) is 6.26. The molecule has 0 heterocycles. The molecule has 0 spiro atoms. The zero-order valence-electron chi connectivity index (χ0n) is 20.3. The monoisotopic (exact) mass is 500 g/mol. The van der Waals surface area contributed by atoms with Gasteiger partial charge >= 0.3 is 11.9 Å². The second kappa shape index (κ2) is 20.1. The van der Waals surface area contributed by atoms with E-state index in [0.29, 0.717) is 42.5 Å². The molecule has 0 aliphatic rings. The molecule has 0 bridgehead atoms. The fourth-order valence-corrected chi connectivity index (χ4v) is 4.14. The van der Waals surface area contributed by atoms with Crippen LogP contribution >= 0.6 is 23.2 Å². The van der Waals surface area contributed by atoms with E-state index in [1.54, 1.807) is 12.1 Å².